The summed E-state index contributed by atoms with van der Waals surface area (Å²) in [5, 5.41) is 3.08. The number of piperidine rings is 1. The van der Waals surface area contributed by atoms with E-state index in [1.807, 2.05) is 48.5 Å². The van der Waals surface area contributed by atoms with Gasteiger partial charge in [0.2, 0.25) is 5.91 Å². The third kappa shape index (κ3) is 7.46. The van der Waals surface area contributed by atoms with E-state index < -0.39 is 35.9 Å². The summed E-state index contributed by atoms with van der Waals surface area (Å²) in [6, 6.07) is 17.6. The van der Waals surface area contributed by atoms with Crippen molar-refractivity contribution in [1.29, 1.82) is 0 Å². The van der Waals surface area contributed by atoms with Crippen LogP contribution in [0.1, 0.15) is 85.1 Å². The molecule has 2 fully saturated rings. The lowest BCUT2D eigenvalue weighted by atomic mass is 9.82. The number of amides is 2. The number of alkyl halides is 3. The van der Waals surface area contributed by atoms with E-state index >= 15 is 4.39 Å². The largest absolute Gasteiger partial charge is 0.404 e. The van der Waals surface area contributed by atoms with Crippen LogP contribution in [0.4, 0.5) is 23.2 Å². The summed E-state index contributed by atoms with van der Waals surface area (Å²) < 4.78 is 55.4. The molecule has 46 heavy (non-hydrogen) atoms. The van der Waals surface area contributed by atoms with Crippen molar-refractivity contribution < 1.29 is 27.2 Å². The number of rotatable bonds is 7. The Morgan fingerprint density at radius 3 is 2.28 bits per heavy atom. The molecule has 2 saturated heterocycles. The first kappa shape index (κ1) is 33.6. The van der Waals surface area contributed by atoms with Gasteiger partial charge in [0, 0.05) is 18.8 Å². The van der Waals surface area contributed by atoms with Crippen LogP contribution in [0.3, 0.4) is 0 Å². The predicted molar refractivity (Wildman–Crippen MR) is 172 cm³/mol. The molecule has 0 spiro atoms. The van der Waals surface area contributed by atoms with Crippen molar-refractivity contribution in [2.75, 3.05) is 25.0 Å². The normalized spacial score (nSPS) is 21.0. The highest BCUT2D eigenvalue weighted by Crippen LogP contribution is 2.39. The van der Waals surface area contributed by atoms with Crippen molar-refractivity contribution in [3.8, 4) is 0 Å². The first-order valence-electron chi connectivity index (χ1n) is 16.1. The topological polar surface area (TPSA) is 52.7 Å². The molecule has 5 rings (SSSR count). The van der Waals surface area contributed by atoms with Gasteiger partial charge >= 0.3 is 6.18 Å². The third-order valence-corrected chi connectivity index (χ3v) is 9.41. The van der Waals surface area contributed by atoms with E-state index in [0.29, 0.717) is 56.6 Å². The molecule has 2 aliphatic heterocycles. The van der Waals surface area contributed by atoms with Gasteiger partial charge in [0.05, 0.1) is 17.5 Å². The van der Waals surface area contributed by atoms with Crippen LogP contribution in [0.2, 0.25) is 0 Å². The third-order valence-electron chi connectivity index (χ3n) is 9.41. The molecule has 2 heterocycles. The number of benzene rings is 3. The molecule has 5 nitrogen and oxygen atoms in total. The molecule has 1 unspecified atom stereocenters. The Morgan fingerprint density at radius 2 is 1.61 bits per heavy atom. The van der Waals surface area contributed by atoms with Crippen LogP contribution >= 0.6 is 0 Å². The fraction of sp³-hybridized carbons (Fsp3) is 0.459. The molecule has 0 saturated carbocycles. The molecule has 0 radical (unpaired) electrons. The van der Waals surface area contributed by atoms with Crippen LogP contribution in [-0.4, -0.2) is 53.5 Å². The fourth-order valence-corrected chi connectivity index (χ4v) is 6.87. The van der Waals surface area contributed by atoms with Gasteiger partial charge in [0.25, 0.3) is 5.91 Å². The summed E-state index contributed by atoms with van der Waals surface area (Å²) in [7, 11) is 0. The number of likely N-dealkylation sites (tertiary alicyclic amines) is 2. The molecule has 0 bridgehead atoms. The second-order valence-electron chi connectivity index (χ2n) is 13.7. The van der Waals surface area contributed by atoms with Crippen LogP contribution in [-0.2, 0) is 16.6 Å². The van der Waals surface area contributed by atoms with E-state index in [2.05, 4.69) is 26.1 Å². The Kier molecular flexibility index (Phi) is 9.92. The van der Waals surface area contributed by atoms with Crippen molar-refractivity contribution in [3.05, 3.63) is 100 Å². The second kappa shape index (κ2) is 13.6. The van der Waals surface area contributed by atoms with Gasteiger partial charge in [-0.2, -0.15) is 13.2 Å². The maximum Gasteiger partial charge on any atom is 0.404 e. The molecular formula is C37H43F4N3O2. The van der Waals surface area contributed by atoms with Crippen molar-refractivity contribution in [2.24, 2.45) is 5.92 Å². The molecule has 246 valence electrons. The average molecular weight is 638 g/mol. The van der Waals surface area contributed by atoms with Crippen LogP contribution in [0, 0.1) is 18.7 Å². The van der Waals surface area contributed by atoms with Crippen LogP contribution in [0.25, 0.3) is 0 Å². The maximum atomic E-state index is 15.0. The van der Waals surface area contributed by atoms with Gasteiger partial charge in [-0.3, -0.25) is 14.5 Å². The molecule has 2 aliphatic rings. The zero-order valence-corrected chi connectivity index (χ0v) is 27.0. The smallest absolute Gasteiger partial charge is 0.331 e. The SMILES string of the molecule is Cc1cccc(F)c1C(=O)N1CCC[C@H](C(=O)Nc2cccc(C(C)(C)C)c2)[C@@H]1c1ccc(CCN2CCCC2C(F)(F)F)cc1. The predicted octanol–water partition coefficient (Wildman–Crippen LogP) is 8.23. The van der Waals surface area contributed by atoms with E-state index in [4.69, 9.17) is 0 Å². The lowest BCUT2D eigenvalue weighted by Gasteiger charge is -2.41. The van der Waals surface area contributed by atoms with Gasteiger partial charge in [-0.15, -0.1) is 0 Å². The van der Waals surface area contributed by atoms with E-state index in [-0.39, 0.29) is 23.3 Å². The molecule has 3 aromatic carbocycles. The number of nitrogens with one attached hydrogen (secondary N) is 1. The molecule has 9 heteroatoms. The Labute approximate surface area is 269 Å². The number of nitrogens with zero attached hydrogens (tertiary/aromatic N) is 2. The molecule has 1 N–H and O–H groups in total. The molecule has 3 atom stereocenters. The Balaban J connectivity index is 1.42. The number of aryl methyl sites for hydroxylation is 1. The standard InChI is InChI=1S/C37H43F4N3O2/c1-24-9-5-13-30(38)32(24)35(46)44-21-7-12-29(34(45)42-28-11-6-10-27(23-28)36(2,3)4)33(44)26-17-15-25(16-18-26)19-22-43-20-8-14-31(43)37(39,40)41/h5-6,9-11,13,15-18,23,29,31,33H,7-8,12,14,19-22H2,1-4H3,(H,42,45)/t29-,31?,33-/m0/s1. The van der Waals surface area contributed by atoms with Gasteiger partial charge in [-0.1, -0.05) is 69.3 Å². The van der Waals surface area contributed by atoms with Crippen molar-refractivity contribution in [1.82, 2.24) is 9.80 Å². The summed E-state index contributed by atoms with van der Waals surface area (Å²) in [6.45, 7) is 9.07. The molecule has 0 aromatic heterocycles. The average Bonchev–Trinajstić information content (AvgIpc) is 3.49. The first-order valence-corrected chi connectivity index (χ1v) is 16.1. The monoisotopic (exact) mass is 637 g/mol. The number of anilines is 1. The zero-order chi connectivity index (χ0) is 33.2. The fourth-order valence-electron chi connectivity index (χ4n) is 6.87. The maximum absolute atomic E-state index is 15.0. The Bertz CT molecular complexity index is 1530. The van der Waals surface area contributed by atoms with Gasteiger partial charge in [0.1, 0.15) is 11.9 Å². The number of carbonyl (C=O) groups is 2. The van der Waals surface area contributed by atoms with E-state index in [1.54, 1.807) is 24.0 Å². The Morgan fingerprint density at radius 1 is 0.913 bits per heavy atom. The van der Waals surface area contributed by atoms with Crippen LogP contribution in [0.5, 0.6) is 0 Å². The van der Waals surface area contributed by atoms with Gasteiger partial charge in [-0.05, 0) is 91.4 Å². The highest BCUT2D eigenvalue weighted by Gasteiger charge is 2.45. The van der Waals surface area contributed by atoms with E-state index in [9.17, 15) is 22.8 Å². The number of halogens is 4. The highest BCUT2D eigenvalue weighted by molar-refractivity contribution is 5.98. The van der Waals surface area contributed by atoms with Crippen molar-refractivity contribution in [3.63, 3.8) is 0 Å². The summed E-state index contributed by atoms with van der Waals surface area (Å²) in [5.74, 6) is -1.91. The minimum absolute atomic E-state index is 0.00658. The highest BCUT2D eigenvalue weighted by atomic mass is 19.4. The van der Waals surface area contributed by atoms with Gasteiger partial charge < -0.3 is 10.2 Å². The molecular weight excluding hydrogens is 594 g/mol. The summed E-state index contributed by atoms with van der Waals surface area (Å²) in [6.07, 6.45) is -2.03. The summed E-state index contributed by atoms with van der Waals surface area (Å²) in [5.41, 5.74) is 3.73. The summed E-state index contributed by atoms with van der Waals surface area (Å²) >= 11 is 0. The zero-order valence-electron chi connectivity index (χ0n) is 27.0. The lowest BCUT2D eigenvalue weighted by Crippen LogP contribution is -2.46. The van der Waals surface area contributed by atoms with Crippen LogP contribution in [0.15, 0.2) is 66.7 Å². The Hall–Kier alpha value is -3.72. The van der Waals surface area contributed by atoms with Gasteiger partial charge in [0.15, 0.2) is 0 Å². The van der Waals surface area contributed by atoms with E-state index in [0.717, 1.165) is 16.7 Å². The number of hydrogen-bond donors (Lipinski definition) is 1. The molecule has 2 amide bonds. The minimum Gasteiger partial charge on any atom is -0.331 e. The quantitative estimate of drug-likeness (QED) is 0.266. The van der Waals surface area contributed by atoms with E-state index in [1.165, 1.54) is 11.0 Å². The second-order valence-corrected chi connectivity index (χ2v) is 13.7. The molecule has 3 aromatic rings. The van der Waals surface area contributed by atoms with Crippen LogP contribution < -0.4 is 5.32 Å². The first-order chi connectivity index (χ1) is 21.7. The lowest BCUT2D eigenvalue weighted by molar-refractivity contribution is -0.175. The minimum atomic E-state index is -4.24. The molecule has 0 aliphatic carbocycles. The number of hydrogen-bond acceptors (Lipinski definition) is 3. The summed E-state index contributed by atoms with van der Waals surface area (Å²) in [4.78, 5) is 31.1. The number of carbonyl (C=O) groups excluding carboxylic acids is 2. The van der Waals surface area contributed by atoms with Gasteiger partial charge in [-0.25, -0.2) is 4.39 Å². The van der Waals surface area contributed by atoms with Crippen molar-refractivity contribution >= 4 is 17.5 Å². The van der Waals surface area contributed by atoms with Crippen molar-refractivity contribution in [2.45, 2.75) is 83.5 Å².